The summed E-state index contributed by atoms with van der Waals surface area (Å²) in [6.45, 7) is 5.07. The van der Waals surface area contributed by atoms with Gasteiger partial charge >= 0.3 is 0 Å². The molecule has 0 aromatic heterocycles. The van der Waals surface area contributed by atoms with E-state index >= 15 is 0 Å². The van der Waals surface area contributed by atoms with Crippen molar-refractivity contribution >= 4 is 0 Å². The topological polar surface area (TPSA) is 12.0 Å². The van der Waals surface area contributed by atoms with Gasteiger partial charge in [-0.15, -0.1) is 0 Å². The first kappa shape index (κ1) is 13.5. The van der Waals surface area contributed by atoms with Crippen LogP contribution in [-0.2, 0) is 0 Å². The van der Waals surface area contributed by atoms with Gasteiger partial charge in [-0.2, -0.15) is 0 Å². The van der Waals surface area contributed by atoms with Gasteiger partial charge < -0.3 is 5.32 Å². The summed E-state index contributed by atoms with van der Waals surface area (Å²) in [5, 5.41) is 3.58. The van der Waals surface area contributed by atoms with Crippen LogP contribution in [0.1, 0.15) is 56.1 Å². The first-order chi connectivity index (χ1) is 8.70. The summed E-state index contributed by atoms with van der Waals surface area (Å²) in [5.41, 5.74) is 2.09. The van der Waals surface area contributed by atoms with Gasteiger partial charge in [-0.05, 0) is 55.8 Å². The highest BCUT2D eigenvalue weighted by Gasteiger charge is 2.21. The Morgan fingerprint density at radius 2 is 2.06 bits per heavy atom. The third-order valence-corrected chi connectivity index (χ3v) is 4.07. The van der Waals surface area contributed by atoms with Gasteiger partial charge in [0.1, 0.15) is 5.82 Å². The fourth-order valence-corrected chi connectivity index (χ4v) is 3.06. The maximum absolute atomic E-state index is 13.3. The molecule has 1 aliphatic rings. The number of rotatable bonds is 3. The van der Waals surface area contributed by atoms with Crippen molar-refractivity contribution in [1.82, 2.24) is 5.32 Å². The normalized spacial score (nSPS) is 24.8. The van der Waals surface area contributed by atoms with Crippen molar-refractivity contribution in [2.24, 2.45) is 0 Å². The maximum atomic E-state index is 13.3. The molecule has 18 heavy (non-hydrogen) atoms. The lowest BCUT2D eigenvalue weighted by Gasteiger charge is -2.21. The standard InChI is InChI=1S/C16H24FN/c1-3-18-15-7-5-4-6-13(11-15)14-8-9-16(17)12(2)10-14/h8-10,13,15,18H,3-7,11H2,1-2H3. The lowest BCUT2D eigenvalue weighted by Crippen LogP contribution is -2.29. The highest BCUT2D eigenvalue weighted by atomic mass is 19.1. The SMILES string of the molecule is CCNC1CCCCC(c2ccc(F)c(C)c2)C1. The molecule has 1 aliphatic carbocycles. The number of nitrogens with one attached hydrogen (secondary N) is 1. The molecule has 0 heterocycles. The van der Waals surface area contributed by atoms with Crippen LogP contribution in [0.3, 0.4) is 0 Å². The zero-order chi connectivity index (χ0) is 13.0. The number of aryl methyl sites for hydroxylation is 1. The van der Waals surface area contributed by atoms with Gasteiger partial charge in [0.25, 0.3) is 0 Å². The molecular formula is C16H24FN. The van der Waals surface area contributed by atoms with Crippen LogP contribution in [0.25, 0.3) is 0 Å². The van der Waals surface area contributed by atoms with Crippen LogP contribution in [0.4, 0.5) is 4.39 Å². The average Bonchev–Trinajstić information content (AvgIpc) is 2.59. The van der Waals surface area contributed by atoms with Crippen LogP contribution in [0.2, 0.25) is 0 Å². The van der Waals surface area contributed by atoms with Gasteiger partial charge in [0.05, 0.1) is 0 Å². The summed E-state index contributed by atoms with van der Waals surface area (Å²) in [7, 11) is 0. The molecule has 0 spiro atoms. The van der Waals surface area contributed by atoms with Gasteiger partial charge in [-0.3, -0.25) is 0 Å². The van der Waals surface area contributed by atoms with Gasteiger partial charge in [-0.25, -0.2) is 4.39 Å². The second kappa shape index (κ2) is 6.33. The Morgan fingerprint density at radius 3 is 2.78 bits per heavy atom. The van der Waals surface area contributed by atoms with Crippen LogP contribution < -0.4 is 5.32 Å². The molecule has 0 radical (unpaired) electrons. The largest absolute Gasteiger partial charge is 0.314 e. The zero-order valence-electron chi connectivity index (χ0n) is 11.5. The summed E-state index contributed by atoms with van der Waals surface area (Å²) in [6, 6.07) is 6.26. The zero-order valence-corrected chi connectivity index (χ0v) is 11.5. The Morgan fingerprint density at radius 1 is 1.28 bits per heavy atom. The predicted octanol–water partition coefficient (Wildman–Crippen LogP) is 4.16. The van der Waals surface area contributed by atoms with E-state index in [1.807, 2.05) is 19.1 Å². The quantitative estimate of drug-likeness (QED) is 0.793. The molecule has 2 atom stereocenters. The van der Waals surface area contributed by atoms with Crippen molar-refractivity contribution < 1.29 is 4.39 Å². The van der Waals surface area contributed by atoms with E-state index in [4.69, 9.17) is 0 Å². The number of hydrogen-bond donors (Lipinski definition) is 1. The Labute approximate surface area is 110 Å². The molecule has 1 aromatic carbocycles. The molecule has 1 nitrogen and oxygen atoms in total. The average molecular weight is 249 g/mol. The van der Waals surface area contributed by atoms with Gasteiger partial charge in [0.15, 0.2) is 0 Å². The van der Waals surface area contributed by atoms with Crippen LogP contribution in [0.15, 0.2) is 18.2 Å². The molecule has 1 fully saturated rings. The van der Waals surface area contributed by atoms with Crippen LogP contribution >= 0.6 is 0 Å². The minimum Gasteiger partial charge on any atom is -0.314 e. The second-order valence-electron chi connectivity index (χ2n) is 5.48. The van der Waals surface area contributed by atoms with E-state index in [-0.39, 0.29) is 5.82 Å². The van der Waals surface area contributed by atoms with Crippen molar-refractivity contribution in [3.8, 4) is 0 Å². The van der Waals surface area contributed by atoms with Crippen molar-refractivity contribution in [2.45, 2.75) is 57.9 Å². The molecule has 2 rings (SSSR count). The van der Waals surface area contributed by atoms with Crippen molar-refractivity contribution in [1.29, 1.82) is 0 Å². The van der Waals surface area contributed by atoms with Crippen molar-refractivity contribution in [3.63, 3.8) is 0 Å². The lowest BCUT2D eigenvalue weighted by atomic mass is 9.89. The first-order valence-corrected chi connectivity index (χ1v) is 7.20. The van der Waals surface area contributed by atoms with Crippen LogP contribution in [0, 0.1) is 12.7 Å². The molecule has 1 N–H and O–H groups in total. The summed E-state index contributed by atoms with van der Waals surface area (Å²) >= 11 is 0. The summed E-state index contributed by atoms with van der Waals surface area (Å²) < 4.78 is 13.3. The summed E-state index contributed by atoms with van der Waals surface area (Å²) in [6.07, 6.45) is 6.33. The van der Waals surface area contributed by atoms with E-state index < -0.39 is 0 Å². The summed E-state index contributed by atoms with van der Waals surface area (Å²) in [4.78, 5) is 0. The predicted molar refractivity (Wildman–Crippen MR) is 74.4 cm³/mol. The lowest BCUT2D eigenvalue weighted by molar-refractivity contribution is 0.449. The third kappa shape index (κ3) is 3.32. The smallest absolute Gasteiger partial charge is 0.126 e. The summed E-state index contributed by atoms with van der Waals surface area (Å²) in [5.74, 6) is 0.506. The Kier molecular flexibility index (Phi) is 4.76. The van der Waals surface area contributed by atoms with E-state index in [2.05, 4.69) is 12.2 Å². The molecule has 100 valence electrons. The molecule has 0 bridgehead atoms. The molecular weight excluding hydrogens is 225 g/mol. The van der Waals surface area contributed by atoms with Crippen molar-refractivity contribution in [2.75, 3.05) is 6.54 Å². The van der Waals surface area contributed by atoms with E-state index in [1.54, 1.807) is 6.07 Å². The van der Waals surface area contributed by atoms with E-state index in [9.17, 15) is 4.39 Å². The second-order valence-corrected chi connectivity index (χ2v) is 5.48. The fraction of sp³-hybridized carbons (Fsp3) is 0.625. The molecule has 2 heteroatoms. The van der Waals surface area contributed by atoms with Gasteiger partial charge in [0, 0.05) is 6.04 Å². The Balaban J connectivity index is 2.12. The first-order valence-electron chi connectivity index (χ1n) is 7.20. The molecule has 0 saturated heterocycles. The van der Waals surface area contributed by atoms with Crippen molar-refractivity contribution in [3.05, 3.63) is 35.1 Å². The number of halogens is 1. The minimum absolute atomic E-state index is 0.0874. The molecule has 0 amide bonds. The highest BCUT2D eigenvalue weighted by molar-refractivity contribution is 5.27. The monoisotopic (exact) mass is 249 g/mol. The fourth-order valence-electron chi connectivity index (χ4n) is 3.06. The number of benzene rings is 1. The van der Waals surface area contributed by atoms with E-state index in [0.29, 0.717) is 12.0 Å². The van der Waals surface area contributed by atoms with Crippen LogP contribution in [0.5, 0.6) is 0 Å². The Hall–Kier alpha value is -0.890. The van der Waals surface area contributed by atoms with Gasteiger partial charge in [-0.1, -0.05) is 31.9 Å². The Bertz CT molecular complexity index is 389. The third-order valence-electron chi connectivity index (χ3n) is 4.07. The van der Waals surface area contributed by atoms with E-state index in [1.165, 1.54) is 37.7 Å². The highest BCUT2D eigenvalue weighted by Crippen LogP contribution is 2.32. The maximum Gasteiger partial charge on any atom is 0.126 e. The number of hydrogen-bond acceptors (Lipinski definition) is 1. The molecule has 1 aromatic rings. The molecule has 2 unspecified atom stereocenters. The minimum atomic E-state index is -0.0874. The van der Waals surface area contributed by atoms with E-state index in [0.717, 1.165) is 12.1 Å². The molecule has 0 aliphatic heterocycles. The van der Waals surface area contributed by atoms with Crippen LogP contribution in [-0.4, -0.2) is 12.6 Å². The molecule has 1 saturated carbocycles. The van der Waals surface area contributed by atoms with Gasteiger partial charge in [0.2, 0.25) is 0 Å².